The Kier molecular flexibility index (Phi) is 7.59. The number of anilines is 1. The maximum atomic E-state index is 5.82. The van der Waals surface area contributed by atoms with Crippen LogP contribution in [0.3, 0.4) is 0 Å². The van der Waals surface area contributed by atoms with E-state index in [0.717, 1.165) is 24.5 Å². The minimum absolute atomic E-state index is 0. The Morgan fingerprint density at radius 3 is 2.36 bits per heavy atom. The van der Waals surface area contributed by atoms with Crippen molar-refractivity contribution in [1.29, 1.82) is 0 Å². The summed E-state index contributed by atoms with van der Waals surface area (Å²) in [6.07, 6.45) is 2.06. The van der Waals surface area contributed by atoms with Gasteiger partial charge in [-0.25, -0.2) is 0 Å². The molecule has 0 saturated heterocycles. The fourth-order valence-electron chi connectivity index (χ4n) is 2.35. The van der Waals surface area contributed by atoms with Gasteiger partial charge in [0, 0.05) is 23.7 Å². The Morgan fingerprint density at radius 2 is 1.77 bits per heavy atom. The second-order valence-electron chi connectivity index (χ2n) is 5.11. The molecule has 0 aliphatic carbocycles. The number of ether oxygens (including phenoxy) is 1. The normalized spacial score (nSPS) is 10.4. The van der Waals surface area contributed by atoms with Gasteiger partial charge in [-0.2, -0.15) is 0 Å². The van der Waals surface area contributed by atoms with Crippen molar-refractivity contribution in [2.24, 2.45) is 0 Å². The smallest absolute Gasteiger partial charge is 0.132 e. The summed E-state index contributed by atoms with van der Waals surface area (Å²) in [5, 5.41) is 0. The molecule has 0 radical (unpaired) electrons. The van der Waals surface area contributed by atoms with E-state index < -0.39 is 0 Å². The Hall–Kier alpha value is -1.36. The summed E-state index contributed by atoms with van der Waals surface area (Å²) < 4.78 is 5.44. The van der Waals surface area contributed by atoms with E-state index in [0.29, 0.717) is 0 Å². The van der Waals surface area contributed by atoms with E-state index in [9.17, 15) is 0 Å². The first-order chi connectivity index (χ1) is 10.1. The highest BCUT2D eigenvalue weighted by Gasteiger charge is 2.06. The Labute approximate surface area is 143 Å². The molecule has 0 unspecified atom stereocenters. The highest BCUT2D eigenvalue weighted by Crippen LogP contribution is 2.28. The number of nitrogens with two attached hydrogens (primary N) is 1. The van der Waals surface area contributed by atoms with Crippen LogP contribution in [0.4, 0.5) is 5.69 Å². The Morgan fingerprint density at radius 1 is 1.09 bits per heavy atom. The van der Waals surface area contributed by atoms with Crippen LogP contribution in [0, 0.1) is 0 Å². The molecule has 0 saturated carbocycles. The molecule has 2 rings (SSSR count). The summed E-state index contributed by atoms with van der Waals surface area (Å²) in [4.78, 5) is 3.43. The second-order valence-corrected chi connectivity index (χ2v) is 5.95. The van der Waals surface area contributed by atoms with Gasteiger partial charge in [-0.1, -0.05) is 18.2 Å². The average Bonchev–Trinajstić information content (AvgIpc) is 2.47. The molecule has 120 valence electrons. The van der Waals surface area contributed by atoms with E-state index in [-0.39, 0.29) is 12.4 Å². The lowest BCUT2D eigenvalue weighted by Gasteiger charge is -2.18. The van der Waals surface area contributed by atoms with E-state index in [2.05, 4.69) is 42.5 Å². The lowest BCUT2D eigenvalue weighted by Crippen LogP contribution is -2.17. The summed E-state index contributed by atoms with van der Waals surface area (Å²) in [6, 6.07) is 14.4. The van der Waals surface area contributed by atoms with Crippen LogP contribution in [0.2, 0.25) is 0 Å². The predicted molar refractivity (Wildman–Crippen MR) is 98.0 cm³/mol. The van der Waals surface area contributed by atoms with Gasteiger partial charge in [-0.3, -0.25) is 4.90 Å². The van der Waals surface area contributed by atoms with Crippen molar-refractivity contribution >= 4 is 29.9 Å². The number of nitrogen functional groups attached to an aromatic ring is 1. The van der Waals surface area contributed by atoms with Crippen molar-refractivity contribution < 1.29 is 4.74 Å². The number of benzene rings is 2. The van der Waals surface area contributed by atoms with Crippen LogP contribution in [-0.4, -0.2) is 25.3 Å². The first-order valence-electron chi connectivity index (χ1n) is 6.86. The van der Waals surface area contributed by atoms with Crippen molar-refractivity contribution in [2.45, 2.75) is 18.0 Å². The highest BCUT2D eigenvalue weighted by molar-refractivity contribution is 7.98. The number of rotatable bonds is 6. The predicted octanol–water partition coefficient (Wildman–Crippen LogP) is 4.05. The third-order valence-corrected chi connectivity index (χ3v) is 4.08. The van der Waals surface area contributed by atoms with Crippen LogP contribution in [0.15, 0.2) is 47.4 Å². The van der Waals surface area contributed by atoms with Crippen LogP contribution >= 0.6 is 24.2 Å². The lowest BCUT2D eigenvalue weighted by molar-refractivity contribution is 0.318. The average molecular weight is 339 g/mol. The van der Waals surface area contributed by atoms with Crippen LogP contribution in [0.5, 0.6) is 5.75 Å². The van der Waals surface area contributed by atoms with Crippen molar-refractivity contribution in [3.05, 3.63) is 53.6 Å². The molecule has 2 aromatic rings. The monoisotopic (exact) mass is 338 g/mol. The van der Waals surface area contributed by atoms with E-state index in [4.69, 9.17) is 10.5 Å². The second kappa shape index (κ2) is 8.93. The summed E-state index contributed by atoms with van der Waals surface area (Å²) in [7, 11) is 3.83. The number of nitrogens with zero attached hydrogens (tertiary/aromatic N) is 1. The Bertz CT molecular complexity index is 607. The van der Waals surface area contributed by atoms with Crippen LogP contribution in [0.25, 0.3) is 0 Å². The molecule has 0 bridgehead atoms. The summed E-state index contributed by atoms with van der Waals surface area (Å²) >= 11 is 1.70. The highest BCUT2D eigenvalue weighted by atomic mass is 35.5. The largest absolute Gasteiger partial charge is 0.496 e. The summed E-state index contributed by atoms with van der Waals surface area (Å²) in [5.41, 5.74) is 9.10. The van der Waals surface area contributed by atoms with Crippen LogP contribution < -0.4 is 10.5 Å². The maximum Gasteiger partial charge on any atom is 0.132 e. The van der Waals surface area contributed by atoms with Gasteiger partial charge in [0.05, 0.1) is 7.11 Å². The molecule has 0 aromatic heterocycles. The maximum absolute atomic E-state index is 5.82. The minimum Gasteiger partial charge on any atom is -0.496 e. The van der Waals surface area contributed by atoms with Gasteiger partial charge in [0.2, 0.25) is 0 Å². The molecule has 0 aliphatic rings. The SMILES string of the molecule is COc1cc(CN(C)Cc2cccc(N)c2)ccc1SC.Cl. The molecule has 0 amide bonds. The first-order valence-corrected chi connectivity index (χ1v) is 8.08. The molecule has 2 aromatic carbocycles. The zero-order valence-corrected chi connectivity index (χ0v) is 14.8. The van der Waals surface area contributed by atoms with E-state index in [1.165, 1.54) is 16.0 Å². The van der Waals surface area contributed by atoms with Gasteiger partial charge in [0.1, 0.15) is 5.75 Å². The third kappa shape index (κ3) is 5.13. The quantitative estimate of drug-likeness (QED) is 0.637. The molecule has 0 fully saturated rings. The van der Waals surface area contributed by atoms with E-state index >= 15 is 0 Å². The van der Waals surface area contributed by atoms with E-state index in [1.54, 1.807) is 18.9 Å². The van der Waals surface area contributed by atoms with Gasteiger partial charge >= 0.3 is 0 Å². The fraction of sp³-hybridized carbons (Fsp3) is 0.294. The zero-order valence-electron chi connectivity index (χ0n) is 13.2. The van der Waals surface area contributed by atoms with Gasteiger partial charge in [0.25, 0.3) is 0 Å². The van der Waals surface area contributed by atoms with Crippen molar-refractivity contribution in [2.75, 3.05) is 26.1 Å². The molecule has 22 heavy (non-hydrogen) atoms. The molecule has 0 aliphatic heterocycles. The number of hydrogen-bond donors (Lipinski definition) is 1. The summed E-state index contributed by atoms with van der Waals surface area (Å²) in [5.74, 6) is 0.942. The molecule has 5 heteroatoms. The minimum atomic E-state index is 0. The molecular formula is C17H23ClN2OS. The molecule has 0 atom stereocenters. The Balaban J connectivity index is 0.00000242. The zero-order chi connectivity index (χ0) is 15.2. The molecule has 0 spiro atoms. The van der Waals surface area contributed by atoms with Crippen LogP contribution in [-0.2, 0) is 13.1 Å². The van der Waals surface area contributed by atoms with Gasteiger partial charge in [-0.05, 0) is 48.7 Å². The van der Waals surface area contributed by atoms with Crippen LogP contribution in [0.1, 0.15) is 11.1 Å². The molecular weight excluding hydrogens is 316 g/mol. The standard InChI is InChI=1S/C17H22N2OS.ClH/c1-19(11-13-5-4-6-15(18)9-13)12-14-7-8-17(21-3)16(10-14)20-2;/h4-10H,11-12,18H2,1-3H3;1H. The lowest BCUT2D eigenvalue weighted by atomic mass is 10.1. The van der Waals surface area contributed by atoms with Gasteiger partial charge in [-0.15, -0.1) is 24.2 Å². The van der Waals surface area contributed by atoms with Gasteiger partial charge < -0.3 is 10.5 Å². The fourth-order valence-corrected chi connectivity index (χ4v) is 2.90. The third-order valence-electron chi connectivity index (χ3n) is 3.30. The van der Waals surface area contributed by atoms with Crippen molar-refractivity contribution in [3.8, 4) is 5.75 Å². The number of hydrogen-bond acceptors (Lipinski definition) is 4. The molecule has 2 N–H and O–H groups in total. The van der Waals surface area contributed by atoms with Crippen molar-refractivity contribution in [3.63, 3.8) is 0 Å². The van der Waals surface area contributed by atoms with Gasteiger partial charge in [0.15, 0.2) is 0 Å². The number of halogens is 1. The van der Waals surface area contributed by atoms with Crippen molar-refractivity contribution in [1.82, 2.24) is 4.90 Å². The molecule has 3 nitrogen and oxygen atoms in total. The topological polar surface area (TPSA) is 38.5 Å². The number of thioether (sulfide) groups is 1. The summed E-state index contributed by atoms with van der Waals surface area (Å²) in [6.45, 7) is 1.75. The first kappa shape index (κ1) is 18.7. The van der Waals surface area contributed by atoms with E-state index in [1.807, 2.05) is 18.2 Å². The number of methoxy groups -OCH3 is 1. The molecule has 0 heterocycles.